The van der Waals surface area contributed by atoms with E-state index in [1.165, 1.54) is 19.2 Å². The summed E-state index contributed by atoms with van der Waals surface area (Å²) in [5, 5.41) is 3.96. The second kappa shape index (κ2) is 8.12. The van der Waals surface area contributed by atoms with E-state index in [4.69, 9.17) is 9.26 Å². The third-order valence-electron chi connectivity index (χ3n) is 4.79. The van der Waals surface area contributed by atoms with Crippen molar-refractivity contribution < 1.29 is 23.2 Å². The molecule has 1 fully saturated rings. The molecular weight excluding hydrogens is 397 g/mol. The minimum Gasteiger partial charge on any atom is -0.465 e. The maximum atomic E-state index is 13.4. The number of ether oxygens (including phenoxy) is 1. The van der Waals surface area contributed by atoms with Crippen LogP contribution in [0.25, 0.3) is 11.4 Å². The summed E-state index contributed by atoms with van der Waals surface area (Å²) in [6.45, 7) is 1.06. The molecule has 1 unspecified atom stereocenters. The van der Waals surface area contributed by atoms with Crippen LogP contribution in [0.2, 0.25) is 0 Å². The van der Waals surface area contributed by atoms with Crippen molar-refractivity contribution in [2.45, 2.75) is 18.8 Å². The van der Waals surface area contributed by atoms with E-state index in [1.54, 1.807) is 29.2 Å². The van der Waals surface area contributed by atoms with Crippen LogP contribution in [0.5, 0.6) is 0 Å². The zero-order chi connectivity index (χ0) is 20.4. The largest absolute Gasteiger partial charge is 0.465 e. The number of carbonyl (C=O) groups is 2. The van der Waals surface area contributed by atoms with Crippen LogP contribution in [0.3, 0.4) is 0 Å². The molecule has 1 saturated heterocycles. The van der Waals surface area contributed by atoms with Crippen molar-refractivity contribution in [1.29, 1.82) is 0 Å². The van der Waals surface area contributed by atoms with Gasteiger partial charge in [-0.3, -0.25) is 4.79 Å². The fourth-order valence-corrected chi connectivity index (χ4v) is 4.22. The van der Waals surface area contributed by atoms with Crippen molar-refractivity contribution in [2.24, 2.45) is 0 Å². The van der Waals surface area contributed by atoms with Crippen molar-refractivity contribution in [1.82, 2.24) is 15.0 Å². The van der Waals surface area contributed by atoms with Gasteiger partial charge in [0.25, 0.3) is 5.91 Å². The second-order valence-electron chi connectivity index (χ2n) is 6.71. The molecule has 0 bridgehead atoms. The highest BCUT2D eigenvalue weighted by atomic mass is 32.1. The van der Waals surface area contributed by atoms with Crippen molar-refractivity contribution in [3.8, 4) is 11.4 Å². The van der Waals surface area contributed by atoms with Crippen LogP contribution in [0.15, 0.2) is 40.9 Å². The molecule has 0 saturated carbocycles. The Bertz CT molecular complexity index is 1050. The Kier molecular flexibility index (Phi) is 5.39. The van der Waals surface area contributed by atoms with Crippen molar-refractivity contribution in [2.75, 3.05) is 20.2 Å². The number of piperidine rings is 1. The molecule has 2 aromatic heterocycles. The Labute approximate surface area is 170 Å². The Morgan fingerprint density at radius 3 is 2.90 bits per heavy atom. The first-order valence-corrected chi connectivity index (χ1v) is 9.94. The number of carbonyl (C=O) groups excluding carboxylic acids is 2. The normalized spacial score (nSPS) is 16.6. The maximum absolute atomic E-state index is 13.4. The van der Waals surface area contributed by atoms with Crippen LogP contribution in [0.1, 0.15) is 44.0 Å². The third kappa shape index (κ3) is 4.04. The number of hydrogen-bond donors (Lipinski definition) is 0. The number of rotatable bonds is 4. The van der Waals surface area contributed by atoms with Crippen molar-refractivity contribution >= 4 is 23.2 Å². The highest BCUT2D eigenvalue weighted by Gasteiger charge is 2.30. The first-order chi connectivity index (χ1) is 14.0. The average Bonchev–Trinajstić information content (AvgIpc) is 3.43. The van der Waals surface area contributed by atoms with Gasteiger partial charge in [-0.25, -0.2) is 9.18 Å². The fourth-order valence-electron chi connectivity index (χ4n) is 3.33. The zero-order valence-corrected chi connectivity index (χ0v) is 16.4. The molecule has 3 aromatic rings. The fraction of sp³-hybridized carbons (Fsp3) is 0.300. The number of amides is 1. The Morgan fingerprint density at radius 2 is 2.10 bits per heavy atom. The number of thiophene rings is 1. The van der Waals surface area contributed by atoms with E-state index in [9.17, 15) is 14.0 Å². The van der Waals surface area contributed by atoms with Gasteiger partial charge in [-0.05, 0) is 37.1 Å². The van der Waals surface area contributed by atoms with Crippen LogP contribution >= 0.6 is 11.3 Å². The van der Waals surface area contributed by atoms with Crippen LogP contribution in [0, 0.1) is 5.82 Å². The lowest BCUT2D eigenvalue weighted by Crippen LogP contribution is -2.38. The highest BCUT2D eigenvalue weighted by molar-refractivity contribution is 7.15. The van der Waals surface area contributed by atoms with Gasteiger partial charge in [-0.15, -0.1) is 11.3 Å². The molecule has 1 aliphatic rings. The molecule has 7 nitrogen and oxygen atoms in total. The van der Waals surface area contributed by atoms with Gasteiger partial charge in [0.15, 0.2) is 0 Å². The van der Waals surface area contributed by atoms with Gasteiger partial charge in [0.05, 0.1) is 17.9 Å². The molecule has 4 rings (SSSR count). The molecule has 1 aliphatic heterocycles. The summed E-state index contributed by atoms with van der Waals surface area (Å²) in [7, 11) is 1.31. The quantitative estimate of drug-likeness (QED) is 0.604. The molecule has 0 N–H and O–H groups in total. The SMILES string of the molecule is COC(=O)c1ccc(C(=O)N2CCCC(c3nc(-c4cccc(F)c4)no3)C2)s1. The molecule has 29 heavy (non-hydrogen) atoms. The predicted octanol–water partition coefficient (Wildman–Crippen LogP) is 3.74. The van der Waals surface area contributed by atoms with Crippen molar-refractivity contribution in [3.63, 3.8) is 0 Å². The molecule has 3 heterocycles. The molecule has 0 aliphatic carbocycles. The number of aromatic nitrogens is 2. The lowest BCUT2D eigenvalue weighted by molar-refractivity contribution is 0.0606. The van der Waals surface area contributed by atoms with E-state index in [-0.39, 0.29) is 17.6 Å². The van der Waals surface area contributed by atoms with Crippen LogP contribution in [-0.4, -0.2) is 47.1 Å². The van der Waals surface area contributed by atoms with Crippen molar-refractivity contribution in [3.05, 3.63) is 57.9 Å². The smallest absolute Gasteiger partial charge is 0.348 e. The van der Waals surface area contributed by atoms with Crippen LogP contribution in [0.4, 0.5) is 4.39 Å². The van der Waals surface area contributed by atoms with E-state index in [0.29, 0.717) is 40.1 Å². The van der Waals surface area contributed by atoms with Gasteiger partial charge in [0.2, 0.25) is 11.7 Å². The summed E-state index contributed by atoms with van der Waals surface area (Å²) < 4.78 is 23.5. The van der Waals surface area contributed by atoms with E-state index >= 15 is 0 Å². The number of benzene rings is 1. The third-order valence-corrected chi connectivity index (χ3v) is 5.84. The monoisotopic (exact) mass is 415 g/mol. The van der Waals surface area contributed by atoms with E-state index in [1.807, 2.05) is 0 Å². The lowest BCUT2D eigenvalue weighted by atomic mass is 9.98. The van der Waals surface area contributed by atoms with E-state index < -0.39 is 5.97 Å². The number of hydrogen-bond acceptors (Lipinski definition) is 7. The first kappa shape index (κ1) is 19.3. The molecule has 1 aromatic carbocycles. The summed E-state index contributed by atoms with van der Waals surface area (Å²) in [5.41, 5.74) is 0.540. The van der Waals surface area contributed by atoms with E-state index in [2.05, 4.69) is 10.1 Å². The highest BCUT2D eigenvalue weighted by Crippen LogP contribution is 2.29. The number of halogens is 1. The van der Waals surface area contributed by atoms with Gasteiger partial charge in [0, 0.05) is 18.7 Å². The molecule has 150 valence electrons. The van der Waals surface area contributed by atoms with E-state index in [0.717, 1.165) is 24.2 Å². The number of esters is 1. The van der Waals surface area contributed by atoms with Crippen LogP contribution in [-0.2, 0) is 4.74 Å². The minimum absolute atomic E-state index is 0.0949. The summed E-state index contributed by atoms with van der Waals surface area (Å²) in [5.74, 6) is -0.304. The summed E-state index contributed by atoms with van der Waals surface area (Å²) in [6.07, 6.45) is 1.61. The van der Waals surface area contributed by atoms with Gasteiger partial charge < -0.3 is 14.2 Å². The topological polar surface area (TPSA) is 85.5 Å². The molecule has 9 heteroatoms. The molecule has 0 radical (unpaired) electrons. The van der Waals surface area contributed by atoms with Gasteiger partial charge in [0.1, 0.15) is 10.7 Å². The van der Waals surface area contributed by atoms with Gasteiger partial charge in [-0.2, -0.15) is 4.98 Å². The molecule has 0 spiro atoms. The Hall–Kier alpha value is -3.07. The zero-order valence-electron chi connectivity index (χ0n) is 15.6. The number of likely N-dealkylation sites (tertiary alicyclic amines) is 1. The maximum Gasteiger partial charge on any atom is 0.348 e. The Morgan fingerprint density at radius 1 is 1.28 bits per heavy atom. The summed E-state index contributed by atoms with van der Waals surface area (Å²) in [4.78, 5) is 31.5. The summed E-state index contributed by atoms with van der Waals surface area (Å²) >= 11 is 1.11. The average molecular weight is 415 g/mol. The molecular formula is C20H18FN3O4S. The van der Waals surface area contributed by atoms with Gasteiger partial charge >= 0.3 is 5.97 Å². The molecule has 1 amide bonds. The number of methoxy groups -OCH3 is 1. The lowest BCUT2D eigenvalue weighted by Gasteiger charge is -2.30. The first-order valence-electron chi connectivity index (χ1n) is 9.12. The minimum atomic E-state index is -0.457. The Balaban J connectivity index is 1.48. The number of nitrogens with zero attached hydrogens (tertiary/aromatic N) is 3. The standard InChI is InChI=1S/C20H18FN3O4S/c1-27-20(26)16-8-7-15(29-16)19(25)24-9-3-5-13(11-24)18-22-17(23-28-18)12-4-2-6-14(21)10-12/h2,4,6-8,10,13H,3,5,9,11H2,1H3. The van der Waals surface area contributed by atoms with Gasteiger partial charge in [-0.1, -0.05) is 17.3 Å². The summed E-state index contributed by atoms with van der Waals surface area (Å²) in [6, 6.07) is 9.23. The predicted molar refractivity (Wildman–Crippen MR) is 103 cm³/mol. The van der Waals surface area contributed by atoms with Crippen LogP contribution < -0.4 is 0 Å². The molecule has 1 atom stereocenters. The second-order valence-corrected chi connectivity index (χ2v) is 7.80.